The number of nitrogens with zero attached hydrogens (tertiary/aromatic N) is 6. The van der Waals surface area contributed by atoms with Crippen molar-refractivity contribution in [3.63, 3.8) is 0 Å². The molecule has 7 nitrogen and oxygen atoms in total. The minimum atomic E-state index is -0.0182. The number of hydrogen-bond acceptors (Lipinski definition) is 6. The molecule has 0 radical (unpaired) electrons. The molecule has 4 heterocycles. The second kappa shape index (κ2) is 6.82. The van der Waals surface area contributed by atoms with E-state index in [0.29, 0.717) is 23.9 Å². The van der Waals surface area contributed by atoms with Crippen LogP contribution in [-0.4, -0.2) is 37.6 Å². The van der Waals surface area contributed by atoms with E-state index in [-0.39, 0.29) is 5.56 Å². The first-order valence-corrected chi connectivity index (χ1v) is 9.76. The number of aromatic nitrogens is 5. The first kappa shape index (κ1) is 17.0. The third-order valence-corrected chi connectivity index (χ3v) is 5.60. The van der Waals surface area contributed by atoms with E-state index in [1.165, 1.54) is 17.6 Å². The standard InChI is InChI=1S/C21H22N6O/c1-14-3-4-16-9-15(10-18(16)24-14)12-26-7-2-8-27-20(28)11-19(25-21(26)27)17-5-6-22-13-23-17/h3-6,11,13,15H,2,7-10,12H2,1H3/t15-/m0/s1. The topological polar surface area (TPSA) is 76.8 Å². The molecule has 142 valence electrons. The van der Waals surface area contributed by atoms with Crippen LogP contribution in [0.5, 0.6) is 0 Å². The summed E-state index contributed by atoms with van der Waals surface area (Å²) in [5.41, 5.74) is 4.92. The molecule has 5 rings (SSSR count). The number of pyridine rings is 1. The van der Waals surface area contributed by atoms with Gasteiger partial charge in [-0.1, -0.05) is 6.07 Å². The summed E-state index contributed by atoms with van der Waals surface area (Å²) in [6, 6.07) is 7.66. The van der Waals surface area contributed by atoms with Gasteiger partial charge in [0.25, 0.3) is 5.56 Å². The Morgan fingerprint density at radius 2 is 2.04 bits per heavy atom. The molecule has 2 aliphatic rings. The quantitative estimate of drug-likeness (QED) is 0.698. The maximum Gasteiger partial charge on any atom is 0.255 e. The molecule has 1 aliphatic heterocycles. The lowest BCUT2D eigenvalue weighted by atomic mass is 10.1. The number of anilines is 1. The van der Waals surface area contributed by atoms with Crippen LogP contribution in [-0.2, 0) is 19.4 Å². The zero-order chi connectivity index (χ0) is 19.1. The van der Waals surface area contributed by atoms with Crippen molar-refractivity contribution in [1.82, 2.24) is 24.5 Å². The van der Waals surface area contributed by atoms with Crippen molar-refractivity contribution in [3.05, 3.63) is 64.1 Å². The minimum absolute atomic E-state index is 0.0182. The van der Waals surface area contributed by atoms with E-state index in [0.717, 1.165) is 44.0 Å². The molecule has 7 heteroatoms. The summed E-state index contributed by atoms with van der Waals surface area (Å²) < 4.78 is 1.79. The van der Waals surface area contributed by atoms with Crippen LogP contribution in [0.25, 0.3) is 11.4 Å². The van der Waals surface area contributed by atoms with E-state index in [1.807, 2.05) is 6.92 Å². The van der Waals surface area contributed by atoms with Crippen molar-refractivity contribution in [2.24, 2.45) is 5.92 Å². The van der Waals surface area contributed by atoms with Crippen LogP contribution in [0.4, 0.5) is 5.95 Å². The smallest absolute Gasteiger partial charge is 0.255 e. The Kier molecular flexibility index (Phi) is 4.15. The van der Waals surface area contributed by atoms with Crippen molar-refractivity contribution in [1.29, 1.82) is 0 Å². The van der Waals surface area contributed by atoms with Gasteiger partial charge in [-0.05, 0) is 49.8 Å². The summed E-state index contributed by atoms with van der Waals surface area (Å²) in [4.78, 5) is 32.7. The van der Waals surface area contributed by atoms with Crippen LogP contribution in [0.2, 0.25) is 0 Å². The van der Waals surface area contributed by atoms with Crippen LogP contribution >= 0.6 is 0 Å². The van der Waals surface area contributed by atoms with E-state index in [1.54, 1.807) is 22.9 Å². The van der Waals surface area contributed by atoms with Crippen LogP contribution < -0.4 is 10.5 Å². The fourth-order valence-corrected chi connectivity index (χ4v) is 4.31. The summed E-state index contributed by atoms with van der Waals surface area (Å²) in [6.45, 7) is 4.56. The van der Waals surface area contributed by atoms with Crippen molar-refractivity contribution in [2.45, 2.75) is 32.7 Å². The molecule has 0 fully saturated rings. The Morgan fingerprint density at radius 3 is 2.89 bits per heavy atom. The molecule has 3 aromatic heterocycles. The van der Waals surface area contributed by atoms with E-state index in [9.17, 15) is 4.79 Å². The van der Waals surface area contributed by atoms with Crippen molar-refractivity contribution >= 4 is 5.95 Å². The van der Waals surface area contributed by atoms with Gasteiger partial charge >= 0.3 is 0 Å². The molecule has 3 aromatic rings. The molecule has 0 spiro atoms. The highest BCUT2D eigenvalue weighted by Crippen LogP contribution is 2.28. The summed E-state index contributed by atoms with van der Waals surface area (Å²) in [5, 5.41) is 0. The van der Waals surface area contributed by atoms with Gasteiger partial charge in [-0.25, -0.2) is 15.0 Å². The lowest BCUT2D eigenvalue weighted by Gasteiger charge is -2.32. The highest BCUT2D eigenvalue weighted by molar-refractivity contribution is 5.55. The van der Waals surface area contributed by atoms with Gasteiger partial charge in [-0.3, -0.25) is 14.3 Å². The number of rotatable bonds is 3. The minimum Gasteiger partial charge on any atom is -0.342 e. The molecule has 0 saturated heterocycles. The molecule has 0 saturated carbocycles. The summed E-state index contributed by atoms with van der Waals surface area (Å²) in [6.07, 6.45) is 6.14. The van der Waals surface area contributed by atoms with Crippen LogP contribution in [0, 0.1) is 12.8 Å². The second-order valence-electron chi connectivity index (χ2n) is 7.66. The molecule has 0 amide bonds. The zero-order valence-electron chi connectivity index (χ0n) is 15.9. The summed E-state index contributed by atoms with van der Waals surface area (Å²) in [5.74, 6) is 1.25. The molecule has 1 aliphatic carbocycles. The molecule has 0 bridgehead atoms. The first-order chi connectivity index (χ1) is 13.7. The van der Waals surface area contributed by atoms with E-state index < -0.39 is 0 Å². The van der Waals surface area contributed by atoms with Crippen LogP contribution in [0.1, 0.15) is 23.4 Å². The lowest BCUT2D eigenvalue weighted by Crippen LogP contribution is -2.41. The van der Waals surface area contributed by atoms with Gasteiger partial charge in [0.05, 0.1) is 11.4 Å². The van der Waals surface area contributed by atoms with E-state index in [4.69, 9.17) is 9.97 Å². The second-order valence-corrected chi connectivity index (χ2v) is 7.66. The van der Waals surface area contributed by atoms with Crippen molar-refractivity contribution in [3.8, 4) is 11.4 Å². The molecule has 1 atom stereocenters. The fraction of sp³-hybridized carbons (Fsp3) is 0.381. The normalized spacial score (nSPS) is 18.0. The van der Waals surface area contributed by atoms with Gasteiger partial charge in [0.1, 0.15) is 6.33 Å². The predicted octanol–water partition coefficient (Wildman–Crippen LogP) is 2.03. The average molecular weight is 374 g/mol. The third-order valence-electron chi connectivity index (χ3n) is 5.60. The average Bonchev–Trinajstić information content (AvgIpc) is 3.10. The van der Waals surface area contributed by atoms with E-state index in [2.05, 4.69) is 27.0 Å². The fourth-order valence-electron chi connectivity index (χ4n) is 4.31. The Labute approximate surface area is 163 Å². The molecule has 0 unspecified atom stereocenters. The van der Waals surface area contributed by atoms with Gasteiger partial charge < -0.3 is 4.90 Å². The highest BCUT2D eigenvalue weighted by atomic mass is 16.1. The van der Waals surface area contributed by atoms with Gasteiger partial charge in [-0.15, -0.1) is 0 Å². The number of aryl methyl sites for hydroxylation is 1. The number of fused-ring (bicyclic) bond motifs is 2. The maximum atomic E-state index is 12.7. The number of hydrogen-bond donors (Lipinski definition) is 0. The Hall–Kier alpha value is -3.09. The summed E-state index contributed by atoms with van der Waals surface area (Å²) in [7, 11) is 0. The predicted molar refractivity (Wildman–Crippen MR) is 106 cm³/mol. The highest BCUT2D eigenvalue weighted by Gasteiger charge is 2.28. The Balaban J connectivity index is 1.44. The van der Waals surface area contributed by atoms with Gasteiger partial charge in [0, 0.05) is 43.3 Å². The SMILES string of the molecule is Cc1ccc2c(n1)C[C@@H](CN1CCCn3c1nc(-c1ccncn1)cc3=O)C2. The molecule has 0 aromatic carbocycles. The monoisotopic (exact) mass is 374 g/mol. The first-order valence-electron chi connectivity index (χ1n) is 9.76. The Bertz CT molecular complexity index is 1080. The van der Waals surface area contributed by atoms with Crippen LogP contribution in [0.3, 0.4) is 0 Å². The van der Waals surface area contributed by atoms with Crippen molar-refractivity contribution in [2.75, 3.05) is 18.0 Å². The third kappa shape index (κ3) is 3.06. The maximum absolute atomic E-state index is 12.7. The largest absolute Gasteiger partial charge is 0.342 e. The van der Waals surface area contributed by atoms with E-state index >= 15 is 0 Å². The molecular formula is C21H22N6O. The van der Waals surface area contributed by atoms with Gasteiger partial charge in [-0.2, -0.15) is 0 Å². The molecule has 0 N–H and O–H groups in total. The van der Waals surface area contributed by atoms with Gasteiger partial charge in [0.15, 0.2) is 0 Å². The Morgan fingerprint density at radius 1 is 1.11 bits per heavy atom. The zero-order valence-corrected chi connectivity index (χ0v) is 15.9. The summed E-state index contributed by atoms with van der Waals surface area (Å²) >= 11 is 0. The molecule has 28 heavy (non-hydrogen) atoms. The lowest BCUT2D eigenvalue weighted by molar-refractivity contribution is 0.476. The van der Waals surface area contributed by atoms with Gasteiger partial charge in [0.2, 0.25) is 5.95 Å². The van der Waals surface area contributed by atoms with Crippen molar-refractivity contribution < 1.29 is 0 Å². The molecular weight excluding hydrogens is 352 g/mol. The van der Waals surface area contributed by atoms with Crippen LogP contribution in [0.15, 0.2) is 41.6 Å².